The largest absolute Gasteiger partial charge is 0.330 e. The van der Waals surface area contributed by atoms with E-state index in [1.165, 1.54) is 22.7 Å². The topological polar surface area (TPSA) is 65.8 Å². The minimum absolute atomic E-state index is 0.302. The number of thiazole rings is 1. The minimum atomic E-state index is -0.608. The van der Waals surface area contributed by atoms with E-state index in [1.54, 1.807) is 5.51 Å². The molecule has 0 aromatic carbocycles. The van der Waals surface area contributed by atoms with Crippen LogP contribution in [0.5, 0.6) is 0 Å². The van der Waals surface area contributed by atoms with Crippen LogP contribution in [-0.4, -0.2) is 10.9 Å². The van der Waals surface area contributed by atoms with E-state index in [1.807, 2.05) is 24.4 Å². The molecule has 2 heterocycles. The molecule has 0 saturated heterocycles. The van der Waals surface area contributed by atoms with Gasteiger partial charge in [-0.3, -0.25) is 4.79 Å². The normalized spacial score (nSPS) is 11.8. The molecular weight excluding hydrogens is 254 g/mol. The molecule has 1 N–H and O–H groups in total. The number of thiophene rings is 1. The summed E-state index contributed by atoms with van der Waals surface area (Å²) < 4.78 is 0. The predicted octanol–water partition coefficient (Wildman–Crippen LogP) is 2.51. The number of nitrogens with zero attached hydrogens (tertiary/aromatic N) is 2. The lowest BCUT2D eigenvalue weighted by Crippen LogP contribution is -2.27. The summed E-state index contributed by atoms with van der Waals surface area (Å²) in [5, 5.41) is 13.6. The molecule has 0 radical (unpaired) electrons. The highest BCUT2D eigenvalue weighted by molar-refractivity contribution is 7.10. The summed E-state index contributed by atoms with van der Waals surface area (Å²) >= 11 is 2.86. The number of carbonyl (C=O) groups excluding carboxylic acids is 1. The van der Waals surface area contributed by atoms with Gasteiger partial charge in [0.1, 0.15) is 5.69 Å². The van der Waals surface area contributed by atoms with Crippen molar-refractivity contribution in [2.24, 2.45) is 0 Å². The second-order valence-corrected chi connectivity index (χ2v) is 5.35. The summed E-state index contributed by atoms with van der Waals surface area (Å²) in [7, 11) is 0. The molecule has 0 aliphatic heterocycles. The van der Waals surface area contributed by atoms with E-state index in [9.17, 15) is 4.79 Å². The van der Waals surface area contributed by atoms with Crippen molar-refractivity contribution >= 4 is 28.6 Å². The van der Waals surface area contributed by atoms with E-state index in [0.717, 1.165) is 9.75 Å². The Morgan fingerprint density at radius 2 is 2.41 bits per heavy atom. The van der Waals surface area contributed by atoms with Crippen LogP contribution in [0.15, 0.2) is 23.0 Å². The van der Waals surface area contributed by atoms with Gasteiger partial charge in [-0.05, 0) is 18.4 Å². The van der Waals surface area contributed by atoms with Gasteiger partial charge >= 0.3 is 0 Å². The third kappa shape index (κ3) is 2.52. The Balaban J connectivity index is 2.14. The number of amides is 1. The highest BCUT2D eigenvalue weighted by Crippen LogP contribution is 2.19. The summed E-state index contributed by atoms with van der Waals surface area (Å²) in [6, 6.07) is 5.14. The molecule has 4 nitrogen and oxygen atoms in total. The zero-order valence-corrected chi connectivity index (χ0v) is 10.6. The third-order valence-electron chi connectivity index (χ3n) is 2.19. The predicted molar refractivity (Wildman–Crippen MR) is 67.0 cm³/mol. The smallest absolute Gasteiger partial charge is 0.272 e. The van der Waals surface area contributed by atoms with Crippen LogP contribution in [0.3, 0.4) is 0 Å². The van der Waals surface area contributed by atoms with E-state index in [-0.39, 0.29) is 5.91 Å². The first-order valence-corrected chi connectivity index (χ1v) is 6.62. The van der Waals surface area contributed by atoms with E-state index >= 15 is 0 Å². The van der Waals surface area contributed by atoms with Gasteiger partial charge in [0.2, 0.25) is 0 Å². The third-order valence-corrected chi connectivity index (χ3v) is 3.89. The molecule has 2 aromatic rings. The van der Waals surface area contributed by atoms with Crippen molar-refractivity contribution in [3.05, 3.63) is 38.5 Å². The fourth-order valence-corrected chi connectivity index (χ4v) is 2.64. The lowest BCUT2D eigenvalue weighted by atomic mass is 10.2. The van der Waals surface area contributed by atoms with Crippen molar-refractivity contribution < 1.29 is 4.79 Å². The Morgan fingerprint density at radius 1 is 1.59 bits per heavy atom. The SMILES string of the molecule is Cc1scnc1C(=O)NC(C#N)c1cccs1. The number of carbonyl (C=O) groups is 1. The highest BCUT2D eigenvalue weighted by Gasteiger charge is 2.18. The summed E-state index contributed by atoms with van der Waals surface area (Å²) in [5.41, 5.74) is 2.02. The molecule has 0 fully saturated rings. The first-order valence-electron chi connectivity index (χ1n) is 4.86. The molecule has 2 rings (SSSR count). The van der Waals surface area contributed by atoms with E-state index in [2.05, 4.69) is 16.4 Å². The van der Waals surface area contributed by atoms with Crippen LogP contribution < -0.4 is 5.32 Å². The molecular formula is C11H9N3OS2. The molecule has 0 spiro atoms. The summed E-state index contributed by atoms with van der Waals surface area (Å²) in [6.45, 7) is 1.83. The number of nitriles is 1. The average molecular weight is 263 g/mol. The van der Waals surface area contributed by atoms with E-state index < -0.39 is 6.04 Å². The maximum Gasteiger partial charge on any atom is 0.272 e. The molecule has 86 valence electrons. The Kier molecular flexibility index (Phi) is 3.52. The van der Waals surface area contributed by atoms with Gasteiger partial charge in [-0.2, -0.15) is 5.26 Å². The molecule has 0 aliphatic carbocycles. The number of aryl methyl sites for hydroxylation is 1. The lowest BCUT2D eigenvalue weighted by molar-refractivity contribution is 0.0941. The van der Waals surface area contributed by atoms with Crippen LogP contribution >= 0.6 is 22.7 Å². The molecule has 2 aromatic heterocycles. The molecule has 17 heavy (non-hydrogen) atoms. The number of hydrogen-bond acceptors (Lipinski definition) is 5. The Bertz CT molecular complexity index is 554. The van der Waals surface area contributed by atoms with Gasteiger partial charge in [0.05, 0.1) is 11.6 Å². The quantitative estimate of drug-likeness (QED) is 0.925. The van der Waals surface area contributed by atoms with Gasteiger partial charge in [-0.25, -0.2) is 4.98 Å². The van der Waals surface area contributed by atoms with E-state index in [0.29, 0.717) is 5.69 Å². The number of aromatic nitrogens is 1. The van der Waals surface area contributed by atoms with Crippen LogP contribution in [-0.2, 0) is 0 Å². The standard InChI is InChI=1S/C11H9N3OS2/c1-7-10(13-6-17-7)11(15)14-8(5-12)9-3-2-4-16-9/h2-4,6,8H,1H3,(H,14,15). The zero-order valence-electron chi connectivity index (χ0n) is 9.01. The number of hydrogen-bond donors (Lipinski definition) is 1. The van der Waals surface area contributed by atoms with Crippen molar-refractivity contribution in [2.75, 3.05) is 0 Å². The first-order chi connectivity index (χ1) is 8.22. The van der Waals surface area contributed by atoms with Crippen molar-refractivity contribution in [3.63, 3.8) is 0 Å². The van der Waals surface area contributed by atoms with Crippen LogP contribution in [0, 0.1) is 18.3 Å². The van der Waals surface area contributed by atoms with Gasteiger partial charge in [0, 0.05) is 9.75 Å². The summed E-state index contributed by atoms with van der Waals surface area (Å²) in [4.78, 5) is 17.5. The monoisotopic (exact) mass is 263 g/mol. The van der Waals surface area contributed by atoms with E-state index in [4.69, 9.17) is 5.26 Å². The number of nitrogens with one attached hydrogen (secondary N) is 1. The van der Waals surface area contributed by atoms with Gasteiger partial charge in [0.25, 0.3) is 5.91 Å². The van der Waals surface area contributed by atoms with Gasteiger partial charge in [-0.15, -0.1) is 22.7 Å². The van der Waals surface area contributed by atoms with Crippen molar-refractivity contribution in [1.29, 1.82) is 5.26 Å². The second-order valence-electron chi connectivity index (χ2n) is 3.31. The molecule has 1 unspecified atom stereocenters. The maximum absolute atomic E-state index is 11.9. The van der Waals surface area contributed by atoms with Crippen LogP contribution in [0.1, 0.15) is 26.3 Å². The fourth-order valence-electron chi connectivity index (χ4n) is 1.35. The maximum atomic E-state index is 11.9. The second kappa shape index (κ2) is 5.08. The molecule has 1 amide bonds. The molecule has 1 atom stereocenters. The van der Waals surface area contributed by atoms with Gasteiger partial charge in [-0.1, -0.05) is 6.07 Å². The van der Waals surface area contributed by atoms with Crippen LogP contribution in [0.2, 0.25) is 0 Å². The van der Waals surface area contributed by atoms with Gasteiger partial charge in [0.15, 0.2) is 6.04 Å². The highest BCUT2D eigenvalue weighted by atomic mass is 32.1. The van der Waals surface area contributed by atoms with Gasteiger partial charge < -0.3 is 5.32 Å². The molecule has 6 heteroatoms. The Labute approximate surface area is 107 Å². The van der Waals surface area contributed by atoms with Crippen molar-refractivity contribution in [3.8, 4) is 6.07 Å². The Hall–Kier alpha value is -1.71. The average Bonchev–Trinajstić information content (AvgIpc) is 2.96. The Morgan fingerprint density at radius 3 is 2.94 bits per heavy atom. The molecule has 0 bridgehead atoms. The summed E-state index contributed by atoms with van der Waals surface area (Å²) in [5.74, 6) is -0.302. The van der Waals surface area contributed by atoms with Crippen molar-refractivity contribution in [2.45, 2.75) is 13.0 Å². The molecule has 0 aliphatic rings. The van der Waals surface area contributed by atoms with Crippen LogP contribution in [0.4, 0.5) is 0 Å². The lowest BCUT2D eigenvalue weighted by Gasteiger charge is -2.08. The first kappa shape index (κ1) is 11.8. The van der Waals surface area contributed by atoms with Crippen LogP contribution in [0.25, 0.3) is 0 Å². The molecule has 0 saturated carbocycles. The fraction of sp³-hybridized carbons (Fsp3) is 0.182. The minimum Gasteiger partial charge on any atom is -0.330 e. The van der Waals surface area contributed by atoms with Crippen molar-refractivity contribution in [1.82, 2.24) is 10.3 Å². The zero-order chi connectivity index (χ0) is 12.3. The number of rotatable bonds is 3. The summed E-state index contributed by atoms with van der Waals surface area (Å²) in [6.07, 6.45) is 0.